The number of carbonyl (C=O) groups excluding carboxylic acids is 1. The molecular formula is C22H29NO4. The zero-order chi connectivity index (χ0) is 19.1. The predicted octanol–water partition coefficient (Wildman–Crippen LogP) is 3.69. The summed E-state index contributed by atoms with van der Waals surface area (Å²) in [5.41, 5.74) is 2.56. The summed E-state index contributed by atoms with van der Waals surface area (Å²) in [6, 6.07) is 9.69. The van der Waals surface area contributed by atoms with E-state index in [0.717, 1.165) is 37.7 Å². The summed E-state index contributed by atoms with van der Waals surface area (Å²) in [5, 5.41) is 18.9. The van der Waals surface area contributed by atoms with E-state index in [1.165, 1.54) is 0 Å². The minimum atomic E-state index is -0.584. The summed E-state index contributed by atoms with van der Waals surface area (Å²) in [6.45, 7) is 0. The van der Waals surface area contributed by atoms with Crippen LogP contribution in [0.4, 0.5) is 0 Å². The zero-order valence-corrected chi connectivity index (χ0v) is 15.5. The van der Waals surface area contributed by atoms with Crippen molar-refractivity contribution >= 4 is 5.91 Å². The highest BCUT2D eigenvalue weighted by atomic mass is 16.5. The molecule has 0 spiro atoms. The summed E-state index contributed by atoms with van der Waals surface area (Å²) in [5.74, 6) is 0.443. The van der Waals surface area contributed by atoms with Crippen LogP contribution < -0.4 is 5.48 Å². The predicted molar refractivity (Wildman–Crippen MR) is 103 cm³/mol. The molecule has 146 valence electrons. The van der Waals surface area contributed by atoms with E-state index in [0.29, 0.717) is 24.4 Å². The van der Waals surface area contributed by atoms with E-state index >= 15 is 0 Å². The smallest absolute Gasteiger partial charge is 0.243 e. The molecule has 3 rings (SSSR count). The Hall–Kier alpha value is -1.95. The first-order valence-corrected chi connectivity index (χ1v) is 9.83. The Morgan fingerprint density at radius 1 is 1.22 bits per heavy atom. The van der Waals surface area contributed by atoms with Crippen LogP contribution in [0.2, 0.25) is 0 Å². The Morgan fingerprint density at radius 3 is 2.78 bits per heavy atom. The Kier molecular flexibility index (Phi) is 7.21. The standard InChI is InChI=1S/C22H29NO4/c24-19(16-8-4-3-5-9-16)13-12-18-17(20-14-15-21(18)27-20)10-6-1-2-7-11-22(25)23-26/h1,3-6,8-9,12-13,17-21,24,26H,2,7,10-11,14-15H2,(H,23,25)/t17-,18+,19?,20-,21+/m0/s1. The highest BCUT2D eigenvalue weighted by Crippen LogP contribution is 2.46. The number of hydrogen-bond acceptors (Lipinski definition) is 4. The Balaban J connectivity index is 1.51. The van der Waals surface area contributed by atoms with Gasteiger partial charge in [-0.15, -0.1) is 0 Å². The van der Waals surface area contributed by atoms with Gasteiger partial charge in [-0.3, -0.25) is 10.0 Å². The molecule has 2 heterocycles. The third kappa shape index (κ3) is 5.28. The summed E-state index contributed by atoms with van der Waals surface area (Å²) in [6.07, 6.45) is 13.4. The number of aliphatic hydroxyl groups is 1. The number of hydrogen-bond donors (Lipinski definition) is 3. The van der Waals surface area contributed by atoms with Crippen LogP contribution in [0, 0.1) is 11.8 Å². The van der Waals surface area contributed by atoms with E-state index < -0.39 is 6.10 Å². The fraction of sp³-hybridized carbons (Fsp3) is 0.500. The lowest BCUT2D eigenvalue weighted by Crippen LogP contribution is -2.25. The molecular weight excluding hydrogens is 342 g/mol. The SMILES string of the molecule is O=C(CCCC=CC[C@H]1[C@@H](C=CC(O)c2ccccc2)[C@H]2CC[C@@H]1O2)NO. The third-order valence-corrected chi connectivity index (χ3v) is 5.62. The van der Waals surface area contributed by atoms with E-state index in [9.17, 15) is 9.90 Å². The Morgan fingerprint density at radius 2 is 2.00 bits per heavy atom. The molecule has 27 heavy (non-hydrogen) atoms. The minimum Gasteiger partial charge on any atom is -0.384 e. The van der Waals surface area contributed by atoms with Gasteiger partial charge in [0.15, 0.2) is 0 Å². The Labute approximate surface area is 160 Å². The van der Waals surface area contributed by atoms with Crippen LogP contribution >= 0.6 is 0 Å². The van der Waals surface area contributed by atoms with Crippen molar-refractivity contribution in [3.05, 3.63) is 60.2 Å². The average molecular weight is 371 g/mol. The number of nitrogens with one attached hydrogen (secondary N) is 1. The molecule has 0 aromatic heterocycles. The number of allylic oxidation sites excluding steroid dienone is 2. The molecule has 2 bridgehead atoms. The molecule has 1 aromatic carbocycles. The highest BCUT2D eigenvalue weighted by molar-refractivity contribution is 5.74. The van der Waals surface area contributed by atoms with Crippen LogP contribution in [0.3, 0.4) is 0 Å². The quantitative estimate of drug-likeness (QED) is 0.268. The summed E-state index contributed by atoms with van der Waals surface area (Å²) >= 11 is 0. The van der Waals surface area contributed by atoms with Gasteiger partial charge in [0.1, 0.15) is 0 Å². The molecule has 0 saturated carbocycles. The van der Waals surface area contributed by atoms with Crippen molar-refractivity contribution < 1.29 is 19.8 Å². The van der Waals surface area contributed by atoms with Gasteiger partial charge in [0.2, 0.25) is 5.91 Å². The maximum atomic E-state index is 11.0. The molecule has 5 atom stereocenters. The van der Waals surface area contributed by atoms with Crippen molar-refractivity contribution in [2.75, 3.05) is 0 Å². The maximum absolute atomic E-state index is 11.0. The Bertz CT molecular complexity index is 658. The van der Waals surface area contributed by atoms with Gasteiger partial charge in [-0.2, -0.15) is 0 Å². The van der Waals surface area contributed by atoms with E-state index in [1.807, 2.05) is 36.4 Å². The molecule has 3 N–H and O–H groups in total. The number of amides is 1. The third-order valence-electron chi connectivity index (χ3n) is 5.62. The number of rotatable bonds is 9. The molecule has 2 aliphatic rings. The normalized spacial score (nSPS) is 28.2. The van der Waals surface area contributed by atoms with E-state index in [4.69, 9.17) is 9.94 Å². The summed E-state index contributed by atoms with van der Waals surface area (Å²) in [4.78, 5) is 11.0. The van der Waals surface area contributed by atoms with Crippen molar-refractivity contribution in [1.29, 1.82) is 0 Å². The number of aliphatic hydroxyl groups excluding tert-OH is 1. The molecule has 1 unspecified atom stereocenters. The first-order chi connectivity index (χ1) is 13.2. The van der Waals surface area contributed by atoms with Gasteiger partial charge in [0.05, 0.1) is 18.3 Å². The molecule has 0 radical (unpaired) electrons. The largest absolute Gasteiger partial charge is 0.384 e. The second-order valence-electron chi connectivity index (χ2n) is 7.41. The van der Waals surface area contributed by atoms with Gasteiger partial charge < -0.3 is 9.84 Å². The summed E-state index contributed by atoms with van der Waals surface area (Å²) < 4.78 is 6.11. The number of fused-ring (bicyclic) bond motifs is 2. The van der Waals surface area contributed by atoms with Crippen LogP contribution in [0.15, 0.2) is 54.6 Å². The minimum absolute atomic E-state index is 0.265. The van der Waals surface area contributed by atoms with Crippen molar-refractivity contribution in [3.63, 3.8) is 0 Å². The first-order valence-electron chi connectivity index (χ1n) is 9.83. The van der Waals surface area contributed by atoms with Crippen LogP contribution in [-0.2, 0) is 9.53 Å². The van der Waals surface area contributed by atoms with E-state index in [-0.39, 0.29) is 12.0 Å². The monoisotopic (exact) mass is 371 g/mol. The fourth-order valence-electron chi connectivity index (χ4n) is 4.19. The van der Waals surface area contributed by atoms with E-state index in [2.05, 4.69) is 18.2 Å². The van der Waals surface area contributed by atoms with Crippen LogP contribution in [0.1, 0.15) is 50.2 Å². The summed E-state index contributed by atoms with van der Waals surface area (Å²) in [7, 11) is 0. The van der Waals surface area contributed by atoms with Gasteiger partial charge in [0, 0.05) is 12.3 Å². The van der Waals surface area contributed by atoms with Crippen molar-refractivity contribution in [2.45, 2.75) is 56.8 Å². The van der Waals surface area contributed by atoms with Crippen LogP contribution in [0.25, 0.3) is 0 Å². The highest BCUT2D eigenvalue weighted by Gasteiger charge is 2.46. The van der Waals surface area contributed by atoms with Gasteiger partial charge >= 0.3 is 0 Å². The van der Waals surface area contributed by atoms with Crippen LogP contribution in [0.5, 0.6) is 0 Å². The van der Waals surface area contributed by atoms with E-state index in [1.54, 1.807) is 5.48 Å². The molecule has 2 aliphatic heterocycles. The molecule has 1 aromatic rings. The maximum Gasteiger partial charge on any atom is 0.243 e. The molecule has 0 aliphatic carbocycles. The lowest BCUT2D eigenvalue weighted by Gasteiger charge is -2.25. The molecule has 5 heteroatoms. The molecule has 2 saturated heterocycles. The molecule has 1 amide bonds. The lowest BCUT2D eigenvalue weighted by atomic mass is 9.77. The van der Waals surface area contributed by atoms with Crippen molar-refractivity contribution in [1.82, 2.24) is 5.48 Å². The van der Waals surface area contributed by atoms with Gasteiger partial charge in [-0.25, -0.2) is 5.48 Å². The van der Waals surface area contributed by atoms with Crippen molar-refractivity contribution in [3.8, 4) is 0 Å². The number of carbonyl (C=O) groups is 1. The number of benzene rings is 1. The van der Waals surface area contributed by atoms with Crippen molar-refractivity contribution in [2.24, 2.45) is 11.8 Å². The topological polar surface area (TPSA) is 78.8 Å². The first kappa shape index (κ1) is 19.8. The number of hydroxylamine groups is 1. The molecule has 2 fully saturated rings. The fourth-order valence-corrected chi connectivity index (χ4v) is 4.19. The zero-order valence-electron chi connectivity index (χ0n) is 15.5. The second kappa shape index (κ2) is 9.83. The molecule has 5 nitrogen and oxygen atoms in total. The average Bonchev–Trinajstić information content (AvgIpc) is 3.31. The van der Waals surface area contributed by atoms with Gasteiger partial charge in [-0.1, -0.05) is 54.6 Å². The van der Waals surface area contributed by atoms with Gasteiger partial charge in [0.25, 0.3) is 0 Å². The lowest BCUT2D eigenvalue weighted by molar-refractivity contribution is -0.129. The van der Waals surface area contributed by atoms with Crippen LogP contribution in [-0.4, -0.2) is 28.4 Å². The second-order valence-corrected chi connectivity index (χ2v) is 7.41. The van der Waals surface area contributed by atoms with Gasteiger partial charge in [-0.05, 0) is 43.6 Å². The number of unbranched alkanes of at least 4 members (excludes halogenated alkanes) is 1. The number of ether oxygens (including phenoxy) is 1.